The number of hydrogen-bond donors (Lipinski definition) is 4. The maximum atomic E-state index is 14.0. The maximum absolute atomic E-state index is 14.0. The minimum absolute atomic E-state index is 0.0531. The molecule has 0 bridgehead atoms. The summed E-state index contributed by atoms with van der Waals surface area (Å²) in [5.41, 5.74) is 5.33. The van der Waals surface area contributed by atoms with Gasteiger partial charge in [0.1, 0.15) is 22.8 Å². The molecule has 194 valence electrons. The van der Waals surface area contributed by atoms with Crippen molar-refractivity contribution in [2.75, 3.05) is 5.32 Å². The summed E-state index contributed by atoms with van der Waals surface area (Å²) in [6.45, 7) is 2.04. The van der Waals surface area contributed by atoms with Crippen LogP contribution in [0.3, 0.4) is 0 Å². The van der Waals surface area contributed by atoms with E-state index in [1.807, 2.05) is 19.1 Å². The van der Waals surface area contributed by atoms with Gasteiger partial charge in [0.05, 0.1) is 29.3 Å². The van der Waals surface area contributed by atoms with Crippen molar-refractivity contribution in [2.24, 2.45) is 0 Å². The van der Waals surface area contributed by atoms with E-state index in [2.05, 4.69) is 35.5 Å². The van der Waals surface area contributed by atoms with Crippen molar-refractivity contribution in [1.29, 1.82) is 0 Å². The summed E-state index contributed by atoms with van der Waals surface area (Å²) in [5.74, 6) is -0.321. The van der Waals surface area contributed by atoms with Crippen molar-refractivity contribution in [1.82, 2.24) is 35.1 Å². The monoisotopic (exact) mass is 522 g/mol. The molecular formula is C28H23FN8O2. The fraction of sp³-hybridized carbons (Fsp3) is 0.143. The van der Waals surface area contributed by atoms with Crippen LogP contribution in [-0.2, 0) is 4.79 Å². The molecule has 0 aliphatic rings. The van der Waals surface area contributed by atoms with E-state index in [1.54, 1.807) is 30.9 Å². The zero-order valence-electron chi connectivity index (χ0n) is 20.9. The first kappa shape index (κ1) is 24.2. The SMILES string of the molecule is CCCCC(=O)Nc1cncc(-c2cc3c(-c4nc5c(-c6cc(O)cc(F)c6)ccnc5[nH]4)n[nH]c3cn2)c1. The zero-order chi connectivity index (χ0) is 26.9. The third-order valence-electron chi connectivity index (χ3n) is 6.32. The molecular weight excluding hydrogens is 499 g/mol. The zero-order valence-corrected chi connectivity index (χ0v) is 20.9. The Bertz CT molecular complexity index is 1820. The molecule has 0 saturated carbocycles. The van der Waals surface area contributed by atoms with Gasteiger partial charge in [-0.05, 0) is 42.3 Å². The third kappa shape index (κ3) is 4.77. The van der Waals surface area contributed by atoms with E-state index in [0.717, 1.165) is 29.9 Å². The van der Waals surface area contributed by atoms with Gasteiger partial charge < -0.3 is 15.4 Å². The summed E-state index contributed by atoms with van der Waals surface area (Å²) in [7, 11) is 0. The molecule has 10 nitrogen and oxygen atoms in total. The number of amides is 1. The first-order valence-corrected chi connectivity index (χ1v) is 12.4. The molecule has 39 heavy (non-hydrogen) atoms. The van der Waals surface area contributed by atoms with Crippen molar-refractivity contribution in [3.63, 3.8) is 0 Å². The summed E-state index contributed by atoms with van der Waals surface area (Å²) in [5, 5.41) is 21.0. The number of halogens is 1. The number of fused-ring (bicyclic) bond motifs is 2. The summed E-state index contributed by atoms with van der Waals surface area (Å²) >= 11 is 0. The van der Waals surface area contributed by atoms with Gasteiger partial charge in [-0.15, -0.1) is 0 Å². The number of nitrogens with zero attached hydrogens (tertiary/aromatic N) is 5. The average molecular weight is 523 g/mol. The van der Waals surface area contributed by atoms with Crippen molar-refractivity contribution < 1.29 is 14.3 Å². The number of aromatic hydroxyl groups is 1. The lowest BCUT2D eigenvalue weighted by molar-refractivity contribution is -0.116. The highest BCUT2D eigenvalue weighted by atomic mass is 19.1. The Kier molecular flexibility index (Phi) is 6.16. The minimum atomic E-state index is -0.553. The van der Waals surface area contributed by atoms with E-state index in [1.165, 1.54) is 12.1 Å². The minimum Gasteiger partial charge on any atom is -0.508 e. The number of rotatable bonds is 7. The lowest BCUT2D eigenvalue weighted by atomic mass is 10.1. The topological polar surface area (TPSA) is 145 Å². The highest BCUT2D eigenvalue weighted by molar-refractivity contribution is 5.97. The molecule has 0 saturated heterocycles. The molecule has 0 aliphatic carbocycles. The molecule has 5 heterocycles. The lowest BCUT2D eigenvalue weighted by Crippen LogP contribution is -2.11. The van der Waals surface area contributed by atoms with E-state index in [4.69, 9.17) is 4.98 Å². The number of benzene rings is 1. The van der Waals surface area contributed by atoms with Crippen molar-refractivity contribution >= 4 is 33.7 Å². The molecule has 0 spiro atoms. The fourth-order valence-corrected chi connectivity index (χ4v) is 4.45. The molecule has 6 rings (SSSR count). The Balaban J connectivity index is 1.38. The van der Waals surface area contributed by atoms with Gasteiger partial charge in [0.15, 0.2) is 11.5 Å². The van der Waals surface area contributed by atoms with Gasteiger partial charge in [0, 0.05) is 41.4 Å². The number of unbranched alkanes of at least 4 members (excludes halogenated alkanes) is 1. The molecule has 0 fully saturated rings. The molecule has 0 unspecified atom stereocenters. The van der Waals surface area contributed by atoms with E-state index in [0.29, 0.717) is 57.1 Å². The van der Waals surface area contributed by atoms with E-state index < -0.39 is 5.82 Å². The van der Waals surface area contributed by atoms with Crippen LogP contribution in [0.1, 0.15) is 26.2 Å². The molecule has 0 atom stereocenters. The van der Waals surface area contributed by atoms with E-state index in [9.17, 15) is 14.3 Å². The number of pyridine rings is 3. The Morgan fingerprint density at radius 1 is 1.08 bits per heavy atom. The molecule has 6 aromatic rings. The van der Waals surface area contributed by atoms with Gasteiger partial charge in [-0.3, -0.25) is 19.9 Å². The summed E-state index contributed by atoms with van der Waals surface area (Å²) in [4.78, 5) is 33.3. The Morgan fingerprint density at radius 2 is 1.97 bits per heavy atom. The Labute approximate surface area is 221 Å². The summed E-state index contributed by atoms with van der Waals surface area (Å²) < 4.78 is 14.0. The molecule has 1 aromatic carbocycles. The Hall–Kier alpha value is -5.19. The van der Waals surface area contributed by atoms with E-state index >= 15 is 0 Å². The number of hydrogen-bond acceptors (Lipinski definition) is 7. The van der Waals surface area contributed by atoms with Gasteiger partial charge in [0.2, 0.25) is 5.91 Å². The highest BCUT2D eigenvalue weighted by Crippen LogP contribution is 2.33. The highest BCUT2D eigenvalue weighted by Gasteiger charge is 2.17. The fourth-order valence-electron chi connectivity index (χ4n) is 4.45. The second kappa shape index (κ2) is 9.93. The average Bonchev–Trinajstić information content (AvgIpc) is 3.55. The second-order valence-electron chi connectivity index (χ2n) is 9.14. The number of phenolic OH excluding ortho intramolecular Hbond substituents is 1. The number of anilines is 1. The molecule has 11 heteroatoms. The van der Waals surface area contributed by atoms with Gasteiger partial charge >= 0.3 is 0 Å². The van der Waals surface area contributed by atoms with E-state index in [-0.39, 0.29) is 11.7 Å². The van der Waals surface area contributed by atoms with Crippen LogP contribution in [0.4, 0.5) is 10.1 Å². The standard InChI is InChI=1S/C28H23FN8O2/c1-2-3-4-24(39)33-18-8-16(12-30-13-18)22-11-21-23(14-32-22)36-37-26(21)28-34-25-20(5-6-31-27(25)35-28)15-7-17(29)10-19(38)9-15/h5-14,38H,2-4H2,1H3,(H,33,39)(H,36,37)(H,31,34,35). The van der Waals surface area contributed by atoms with Gasteiger partial charge in [-0.2, -0.15) is 5.10 Å². The Morgan fingerprint density at radius 3 is 2.82 bits per heavy atom. The van der Waals surface area contributed by atoms with Crippen LogP contribution in [0, 0.1) is 5.82 Å². The van der Waals surface area contributed by atoms with Crippen LogP contribution in [0.25, 0.3) is 56.0 Å². The normalized spacial score (nSPS) is 11.3. The van der Waals surface area contributed by atoms with Crippen LogP contribution >= 0.6 is 0 Å². The van der Waals surface area contributed by atoms with Gasteiger partial charge in [-0.1, -0.05) is 13.3 Å². The first-order valence-electron chi connectivity index (χ1n) is 12.4. The van der Waals surface area contributed by atoms with Crippen LogP contribution in [0.5, 0.6) is 5.75 Å². The van der Waals surface area contributed by atoms with Crippen molar-refractivity contribution in [2.45, 2.75) is 26.2 Å². The van der Waals surface area contributed by atoms with Crippen LogP contribution in [-0.4, -0.2) is 46.1 Å². The van der Waals surface area contributed by atoms with Crippen molar-refractivity contribution in [3.05, 3.63) is 67.0 Å². The predicted octanol–water partition coefficient (Wildman–Crippen LogP) is 5.60. The summed E-state index contributed by atoms with van der Waals surface area (Å²) in [6, 6.07) is 9.27. The third-order valence-corrected chi connectivity index (χ3v) is 6.32. The van der Waals surface area contributed by atoms with Gasteiger partial charge in [0.25, 0.3) is 0 Å². The largest absolute Gasteiger partial charge is 0.508 e. The number of H-pyrrole nitrogens is 2. The molecule has 5 aromatic heterocycles. The molecule has 1 amide bonds. The summed E-state index contributed by atoms with van der Waals surface area (Å²) in [6.07, 6.45) is 8.78. The number of phenols is 1. The quantitative estimate of drug-likeness (QED) is 0.214. The number of aromatic amines is 2. The molecule has 4 N–H and O–H groups in total. The predicted molar refractivity (Wildman–Crippen MR) is 145 cm³/mol. The lowest BCUT2D eigenvalue weighted by Gasteiger charge is -2.07. The molecule has 0 radical (unpaired) electrons. The smallest absolute Gasteiger partial charge is 0.224 e. The number of carbonyl (C=O) groups excluding carboxylic acids is 1. The first-order chi connectivity index (χ1) is 19.0. The second-order valence-corrected chi connectivity index (χ2v) is 9.14. The number of imidazole rings is 1. The van der Waals surface area contributed by atoms with Crippen LogP contribution < -0.4 is 5.32 Å². The number of nitrogens with one attached hydrogen (secondary N) is 3. The molecule has 0 aliphatic heterocycles. The number of carbonyl (C=O) groups is 1. The van der Waals surface area contributed by atoms with Crippen molar-refractivity contribution in [3.8, 4) is 39.7 Å². The van der Waals surface area contributed by atoms with Crippen LogP contribution in [0.15, 0.2) is 61.2 Å². The van der Waals surface area contributed by atoms with Gasteiger partial charge in [-0.25, -0.2) is 14.4 Å². The van der Waals surface area contributed by atoms with Crippen LogP contribution in [0.2, 0.25) is 0 Å². The number of aromatic nitrogens is 7. The maximum Gasteiger partial charge on any atom is 0.224 e.